The Morgan fingerprint density at radius 3 is 0.793 bits per heavy atom. The van der Waals surface area contributed by atoms with Gasteiger partial charge in [-0.1, -0.05) is 419 Å². The molecule has 116 heavy (non-hydrogen) atoms. The molecule has 0 fully saturated rings. The number of fused-ring (bicyclic) bond motifs is 10. The second-order valence-corrected chi connectivity index (χ2v) is 37.3. The van der Waals surface area contributed by atoms with Crippen LogP contribution in [0.1, 0.15) is 0 Å². The van der Waals surface area contributed by atoms with E-state index in [-0.39, 0.29) is 0 Å². The van der Waals surface area contributed by atoms with E-state index in [9.17, 15) is 9.13 Å². The minimum Gasteiger partial charge on any atom is -0.309 e. The Morgan fingerprint density at radius 2 is 0.405 bits per heavy atom. The van der Waals surface area contributed by atoms with Crippen molar-refractivity contribution in [3.8, 4) is 44.5 Å². The molecule has 0 radical (unpaired) electrons. The van der Waals surface area contributed by atoms with Crippen LogP contribution in [0.4, 0.5) is 0 Å². The van der Waals surface area contributed by atoms with E-state index in [0.29, 0.717) is 0 Å². The summed E-state index contributed by atoms with van der Waals surface area (Å²) in [6.07, 6.45) is 0. The van der Waals surface area contributed by atoms with Crippen molar-refractivity contribution in [1.82, 2.24) is 15.0 Å². The van der Waals surface area contributed by atoms with Crippen LogP contribution < -0.4 is 47.7 Å². The third kappa shape index (κ3) is 13.3. The Kier molecular flexibility index (Phi) is 19.5. The van der Waals surface area contributed by atoms with Gasteiger partial charge in [0.25, 0.3) is 0 Å². The van der Waals surface area contributed by atoms with Gasteiger partial charge in [-0.3, -0.25) is 0 Å². The molecule has 0 spiro atoms. The van der Waals surface area contributed by atoms with Gasteiger partial charge in [0.2, 0.25) is 0 Å². The zero-order valence-electron chi connectivity index (χ0n) is 63.1. The van der Waals surface area contributed by atoms with Crippen molar-refractivity contribution in [2.24, 2.45) is 0 Å². The summed E-state index contributed by atoms with van der Waals surface area (Å²) in [5.74, 6) is 0. The molecule has 0 amide bonds. The van der Waals surface area contributed by atoms with Gasteiger partial charge in [-0.15, -0.1) is 0 Å². The lowest BCUT2D eigenvalue weighted by Crippen LogP contribution is -2.24. The number of nitrogens with zero attached hydrogens (tertiary/aromatic N) is 3. The summed E-state index contributed by atoms with van der Waals surface area (Å²) in [5, 5.41) is 18.9. The Labute approximate surface area is 673 Å². The number of aromatic nitrogens is 3. The van der Waals surface area contributed by atoms with Gasteiger partial charge in [0.05, 0.1) is 33.1 Å². The van der Waals surface area contributed by atoms with Crippen LogP contribution in [-0.4, -0.2) is 15.0 Å². The summed E-state index contributed by atoms with van der Waals surface area (Å²) >= 11 is 0. The lowest BCUT2D eigenvalue weighted by atomic mass is 9.93. The zero-order chi connectivity index (χ0) is 78.0. The molecule has 3 heterocycles. The molecule has 550 valence electrons. The molecule has 0 saturated carbocycles. The van der Waals surface area contributed by atoms with Crippen molar-refractivity contribution in [2.75, 3.05) is 0 Å². The SMILES string of the molecule is O=P(c1ccccc1)(c1ccc(-c2ccccc2)cc1)c1ccc(-c2c3ccccc3nc3ccccc23)cc1.O=P(c1ccccc1)(c1ccccc1)c1ccc(-c2c3ccccc3nc3c2ccc2ccccc23)cc1.O=P(c1ccccc1)(c1ccccc1)c1ccc(-c2c3ccccc3nc3ccc4ccccc4c23)cc1. The van der Waals surface area contributed by atoms with Crippen LogP contribution in [0.25, 0.3) is 131 Å². The smallest absolute Gasteiger partial charge is 0.171 e. The monoisotopic (exact) mass is 1540 g/mol. The van der Waals surface area contributed by atoms with Crippen LogP contribution in [0.5, 0.6) is 0 Å². The number of para-hydroxylation sites is 4. The topological polar surface area (TPSA) is 89.9 Å². The summed E-state index contributed by atoms with van der Waals surface area (Å²) in [6.45, 7) is 0. The molecule has 0 aliphatic carbocycles. The fraction of sp³-hybridized carbons (Fsp3) is 0. The van der Waals surface area contributed by atoms with E-state index >= 15 is 4.57 Å². The highest BCUT2D eigenvalue weighted by atomic mass is 31.2. The molecule has 0 N–H and O–H groups in total. The predicted molar refractivity (Wildman–Crippen MR) is 493 cm³/mol. The van der Waals surface area contributed by atoms with Crippen LogP contribution in [0.3, 0.4) is 0 Å². The Morgan fingerprint density at radius 1 is 0.155 bits per heavy atom. The number of rotatable bonds is 13. The molecule has 18 aromatic carbocycles. The average molecular weight is 1540 g/mol. The molecule has 0 bridgehead atoms. The molecule has 9 heteroatoms. The largest absolute Gasteiger partial charge is 0.309 e. The first-order valence-electron chi connectivity index (χ1n) is 38.9. The van der Waals surface area contributed by atoms with Gasteiger partial charge in [-0.2, -0.15) is 0 Å². The summed E-state index contributed by atoms with van der Waals surface area (Å²) < 4.78 is 44.8. The van der Waals surface area contributed by atoms with Gasteiger partial charge in [-0.25, -0.2) is 15.0 Å². The lowest BCUT2D eigenvalue weighted by Gasteiger charge is -2.21. The zero-order valence-corrected chi connectivity index (χ0v) is 65.8. The third-order valence-corrected chi connectivity index (χ3v) is 31.5. The number of hydrogen-bond acceptors (Lipinski definition) is 6. The van der Waals surface area contributed by atoms with Crippen molar-refractivity contribution in [3.63, 3.8) is 0 Å². The molecule has 0 aliphatic heterocycles. The van der Waals surface area contributed by atoms with E-state index in [4.69, 9.17) is 15.0 Å². The molecule has 3 aromatic heterocycles. The average Bonchev–Trinajstić information content (AvgIpc) is 0.744. The first-order chi connectivity index (χ1) is 57.2. The Bertz CT molecular complexity index is 7230. The summed E-state index contributed by atoms with van der Waals surface area (Å²) in [5.41, 5.74) is 14.8. The van der Waals surface area contributed by atoms with E-state index < -0.39 is 21.4 Å². The summed E-state index contributed by atoms with van der Waals surface area (Å²) in [4.78, 5) is 15.0. The molecule has 0 aliphatic rings. The minimum atomic E-state index is -3.11. The van der Waals surface area contributed by atoms with Gasteiger partial charge in [0.1, 0.15) is 0 Å². The summed E-state index contributed by atoms with van der Waals surface area (Å²) in [6, 6.07) is 151. The van der Waals surface area contributed by atoms with Crippen LogP contribution >= 0.6 is 21.4 Å². The second-order valence-electron chi connectivity index (χ2n) is 29.0. The standard InChI is InChI=1S/C37H26NOP.2C35H24NOP/c39-40(30-13-5-2-6-14-30,31-23-19-28(20-24-31)27-11-3-1-4-12-27)32-25-21-29(22-26-32)37-33-15-7-9-17-35(33)38-36-18-10-8-16-34(36)37;37-38(27-12-3-1-4-13-27,28-14-5-2-6-15-28)29-22-19-26(20-23-29)34-31-17-9-10-18-33(31)36-35-30-16-8-7-11-25(30)21-24-32(34)35;37-38(27-12-3-1-4-13-27,28-14-5-2-6-15-28)29-22-19-26(20-23-29)34-31-17-9-10-18-32(31)36-33-24-21-25-11-7-8-16-30(25)35(33)34/h1-26H;2*1-24H. The normalized spacial score (nSPS) is 12.1. The highest BCUT2D eigenvalue weighted by Crippen LogP contribution is 2.48. The maximum atomic E-state index is 15.1. The first kappa shape index (κ1) is 72.4. The van der Waals surface area contributed by atoms with Crippen molar-refractivity contribution in [2.45, 2.75) is 0 Å². The number of hydrogen-bond donors (Lipinski definition) is 0. The number of benzene rings is 18. The molecule has 1 unspecified atom stereocenters. The van der Waals surface area contributed by atoms with E-state index in [1.54, 1.807) is 0 Å². The molecule has 6 nitrogen and oxygen atoms in total. The van der Waals surface area contributed by atoms with E-state index in [1.165, 1.54) is 16.2 Å². The maximum Gasteiger partial charge on any atom is 0.171 e. The van der Waals surface area contributed by atoms with Gasteiger partial charge < -0.3 is 13.7 Å². The van der Waals surface area contributed by atoms with E-state index in [0.717, 1.165) is 163 Å². The van der Waals surface area contributed by atoms with Crippen molar-refractivity contribution < 1.29 is 13.7 Å². The highest BCUT2D eigenvalue weighted by molar-refractivity contribution is 7.86. The molecule has 0 saturated heterocycles. The van der Waals surface area contributed by atoms with E-state index in [1.807, 2.05) is 243 Å². The van der Waals surface area contributed by atoms with Crippen molar-refractivity contribution in [1.29, 1.82) is 0 Å². The summed E-state index contributed by atoms with van der Waals surface area (Å²) in [7, 11) is -9.17. The molecule has 1 atom stereocenters. The number of pyridine rings is 3. The van der Waals surface area contributed by atoms with Crippen LogP contribution in [-0.2, 0) is 13.7 Å². The molecular formula is C107H74N3O3P3. The van der Waals surface area contributed by atoms with Crippen LogP contribution in [0, 0.1) is 0 Å². The first-order valence-corrected chi connectivity index (χ1v) is 44.1. The maximum absolute atomic E-state index is 15.1. The predicted octanol–water partition coefficient (Wildman–Crippen LogP) is 24.1. The van der Waals surface area contributed by atoms with Crippen LogP contribution in [0.15, 0.2) is 449 Å². The van der Waals surface area contributed by atoms with Gasteiger partial charge >= 0.3 is 0 Å². The molecular weight excluding hydrogens is 1470 g/mol. The second kappa shape index (κ2) is 31.3. The molecule has 21 rings (SSSR count). The van der Waals surface area contributed by atoms with Gasteiger partial charge in [0, 0.05) is 102 Å². The van der Waals surface area contributed by atoms with Crippen molar-refractivity contribution >= 4 is 156 Å². The Balaban J connectivity index is 0.000000116. The van der Waals surface area contributed by atoms with Gasteiger partial charge in [0.15, 0.2) is 21.4 Å². The lowest BCUT2D eigenvalue weighted by molar-refractivity contribution is 0.591. The third-order valence-electron chi connectivity index (χ3n) is 22.2. The highest BCUT2D eigenvalue weighted by Gasteiger charge is 2.33. The minimum absolute atomic E-state index is 0.817. The van der Waals surface area contributed by atoms with E-state index in [2.05, 4.69) is 206 Å². The molecule has 21 aromatic rings. The Hall–Kier alpha value is -13.8. The van der Waals surface area contributed by atoms with Crippen molar-refractivity contribution in [3.05, 3.63) is 449 Å². The quantitative estimate of drug-likeness (QED) is 0.0649. The fourth-order valence-electron chi connectivity index (χ4n) is 16.6. The fourth-order valence-corrected chi connectivity index (χ4v) is 24.5. The van der Waals surface area contributed by atoms with Gasteiger partial charge in [-0.05, 0) is 74.3 Å². The van der Waals surface area contributed by atoms with Crippen LogP contribution in [0.2, 0.25) is 0 Å².